The van der Waals surface area contributed by atoms with E-state index in [9.17, 15) is 14.7 Å². The van der Waals surface area contributed by atoms with E-state index in [2.05, 4.69) is 0 Å². The Labute approximate surface area is 94.4 Å². The smallest absolute Gasteiger partial charge is 0.306 e. The van der Waals surface area contributed by atoms with Crippen LogP contribution >= 0.6 is 0 Å². The Kier molecular flexibility index (Phi) is 3.48. The molecule has 1 atom stereocenters. The Bertz CT molecular complexity index is 315. The van der Waals surface area contributed by atoms with Gasteiger partial charge in [0.05, 0.1) is 25.2 Å². The normalized spacial score (nSPS) is 17.1. The van der Waals surface area contributed by atoms with Gasteiger partial charge in [0.2, 0.25) is 0 Å². The van der Waals surface area contributed by atoms with Gasteiger partial charge in [-0.05, 0) is 0 Å². The Hall–Kier alpha value is -1.10. The average Bonchev–Trinajstić information content (AvgIpc) is 2.13. The summed E-state index contributed by atoms with van der Waals surface area (Å²) in [6, 6.07) is 0. The van der Waals surface area contributed by atoms with Gasteiger partial charge in [0.15, 0.2) is 6.10 Å². The van der Waals surface area contributed by atoms with E-state index >= 15 is 0 Å². The number of nitrogens with zero attached hydrogens (tertiary/aromatic N) is 1. The molecule has 5 heteroatoms. The minimum atomic E-state index is -2.32. The molecule has 88 valence electrons. The highest BCUT2D eigenvalue weighted by molar-refractivity contribution is 5.70. The van der Waals surface area contributed by atoms with Gasteiger partial charge < -0.3 is 19.1 Å². The molecule has 15 heavy (non-hydrogen) atoms. The highest BCUT2D eigenvalue weighted by atomic mass is 16.5. The summed E-state index contributed by atoms with van der Waals surface area (Å²) in [6.07, 6.45) is -1.41. The fraction of sp³-hybridized carbons (Fsp3) is 0.800. The maximum Gasteiger partial charge on any atom is 0.306 e. The van der Waals surface area contributed by atoms with E-state index < -0.39 is 35.9 Å². The molecule has 0 aromatic heterocycles. The van der Waals surface area contributed by atoms with Crippen LogP contribution in [0, 0.1) is 0 Å². The largest absolute Gasteiger partial charge is 0.550 e. The topological polar surface area (TPSA) is 66.4 Å². The van der Waals surface area contributed by atoms with E-state index in [4.69, 9.17) is 8.85 Å². The zero-order valence-corrected chi connectivity index (χ0v) is 9.28. The zero-order valence-electron chi connectivity index (χ0n) is 12.3. The van der Waals surface area contributed by atoms with Crippen LogP contribution in [-0.4, -0.2) is 50.1 Å². The van der Waals surface area contributed by atoms with Gasteiger partial charge in [-0.3, -0.25) is 4.79 Å². The summed E-state index contributed by atoms with van der Waals surface area (Å²) in [5.41, 5.74) is 0. The molecule has 0 rings (SSSR count). The van der Waals surface area contributed by atoms with Gasteiger partial charge in [-0.15, -0.1) is 0 Å². The van der Waals surface area contributed by atoms with Gasteiger partial charge in [-0.1, -0.05) is 6.92 Å². The molecule has 0 amide bonds. The standard InChI is InChI=1S/C10H19NO4/c1-5-10(14)15-8(6-9(12)13)7-11(2,3)4/h8H,5-7H2,1-4H3/t8-/m1/s1/i2D3. The first-order valence-corrected chi connectivity index (χ1v) is 4.72. The second-order valence-corrected chi connectivity index (χ2v) is 3.91. The summed E-state index contributed by atoms with van der Waals surface area (Å²) in [5.74, 6) is -1.94. The van der Waals surface area contributed by atoms with E-state index in [1.54, 1.807) is 6.92 Å². The Balaban J connectivity index is 4.78. The molecular weight excluding hydrogens is 198 g/mol. The lowest BCUT2D eigenvalue weighted by Crippen LogP contribution is -2.45. The molecule has 0 saturated heterocycles. The van der Waals surface area contributed by atoms with Crippen LogP contribution in [0.4, 0.5) is 0 Å². The minimum absolute atomic E-state index is 0.102. The molecule has 0 heterocycles. The van der Waals surface area contributed by atoms with Crippen molar-refractivity contribution in [2.24, 2.45) is 0 Å². The molecule has 0 N–H and O–H groups in total. The van der Waals surface area contributed by atoms with Gasteiger partial charge in [0, 0.05) is 18.8 Å². The third kappa shape index (κ3) is 7.93. The van der Waals surface area contributed by atoms with E-state index in [0.717, 1.165) is 0 Å². The second kappa shape index (κ2) is 5.70. The van der Waals surface area contributed by atoms with Crippen LogP contribution in [0.3, 0.4) is 0 Å². The van der Waals surface area contributed by atoms with Crippen molar-refractivity contribution >= 4 is 11.9 Å². The van der Waals surface area contributed by atoms with Crippen LogP contribution in [0.15, 0.2) is 0 Å². The number of rotatable bonds is 6. The van der Waals surface area contributed by atoms with Crippen LogP contribution in [0.5, 0.6) is 0 Å². The fourth-order valence-corrected chi connectivity index (χ4v) is 1.11. The van der Waals surface area contributed by atoms with Gasteiger partial charge >= 0.3 is 5.97 Å². The number of ether oxygens (including phenoxy) is 1. The van der Waals surface area contributed by atoms with Crippen molar-refractivity contribution in [3.8, 4) is 0 Å². The van der Waals surface area contributed by atoms with E-state index in [-0.39, 0.29) is 13.0 Å². The zero-order chi connectivity index (χ0) is 14.6. The molecule has 0 aliphatic carbocycles. The number of carboxylic acid groups (broad SMARTS) is 1. The maximum atomic E-state index is 11.2. The molecule has 5 nitrogen and oxygen atoms in total. The van der Waals surface area contributed by atoms with Gasteiger partial charge in [0.25, 0.3) is 0 Å². The quantitative estimate of drug-likeness (QED) is 0.432. The number of hydrogen-bond donors (Lipinski definition) is 0. The lowest BCUT2D eigenvalue weighted by Gasteiger charge is -2.29. The fourth-order valence-electron chi connectivity index (χ4n) is 1.11. The summed E-state index contributed by atoms with van der Waals surface area (Å²) in [4.78, 5) is 21.7. The van der Waals surface area contributed by atoms with Crippen molar-refractivity contribution in [1.29, 1.82) is 0 Å². The van der Waals surface area contributed by atoms with Crippen LogP contribution in [0.2, 0.25) is 0 Å². The second-order valence-electron chi connectivity index (χ2n) is 3.91. The van der Waals surface area contributed by atoms with E-state index in [0.29, 0.717) is 0 Å². The SMILES string of the molecule is [2H]C([2H])([2H])[N+](C)(C)C[C@@H](CC(=O)[O-])OC(=O)CC. The summed E-state index contributed by atoms with van der Waals surface area (Å²) in [6.45, 7) is -0.860. The van der Waals surface area contributed by atoms with Crippen LogP contribution < -0.4 is 5.11 Å². The molecule has 0 radical (unpaired) electrons. The monoisotopic (exact) mass is 220 g/mol. The number of carboxylic acids is 1. The Morgan fingerprint density at radius 2 is 2.13 bits per heavy atom. The Morgan fingerprint density at radius 1 is 1.53 bits per heavy atom. The number of hydrogen-bond acceptors (Lipinski definition) is 4. The molecule has 0 bridgehead atoms. The molecule has 0 unspecified atom stereocenters. The van der Waals surface area contributed by atoms with Crippen LogP contribution in [0.25, 0.3) is 0 Å². The van der Waals surface area contributed by atoms with E-state index in [1.165, 1.54) is 14.1 Å². The summed E-state index contributed by atoms with van der Waals surface area (Å²) < 4.78 is 26.5. The molecule has 0 aliphatic rings. The lowest BCUT2D eigenvalue weighted by atomic mass is 10.2. The molecule has 0 aromatic carbocycles. The summed E-state index contributed by atoms with van der Waals surface area (Å²) in [5, 5.41) is 10.6. The first-order valence-electron chi connectivity index (χ1n) is 6.22. The van der Waals surface area contributed by atoms with E-state index in [1.807, 2.05) is 0 Å². The number of likely N-dealkylation sites (N-methyl/N-ethyl adjacent to an activating group) is 1. The number of aliphatic carboxylic acids is 1. The van der Waals surface area contributed by atoms with Gasteiger partial charge in [-0.2, -0.15) is 0 Å². The average molecular weight is 220 g/mol. The number of quaternary nitrogens is 1. The molecule has 0 fully saturated rings. The third-order valence-corrected chi connectivity index (χ3v) is 1.64. The van der Waals surface area contributed by atoms with Crippen LogP contribution in [0.1, 0.15) is 23.9 Å². The highest BCUT2D eigenvalue weighted by Gasteiger charge is 2.21. The maximum absolute atomic E-state index is 11.2. The molecular formula is C10H19NO4. The van der Waals surface area contributed by atoms with Crippen molar-refractivity contribution in [1.82, 2.24) is 0 Å². The van der Waals surface area contributed by atoms with Crippen molar-refractivity contribution in [3.05, 3.63) is 0 Å². The Morgan fingerprint density at radius 3 is 2.53 bits per heavy atom. The van der Waals surface area contributed by atoms with Gasteiger partial charge in [0.1, 0.15) is 6.54 Å². The van der Waals surface area contributed by atoms with Crippen molar-refractivity contribution in [2.75, 3.05) is 27.6 Å². The molecule has 0 aliphatic heterocycles. The minimum Gasteiger partial charge on any atom is -0.550 e. The predicted molar refractivity (Wildman–Crippen MR) is 52.7 cm³/mol. The lowest BCUT2D eigenvalue weighted by molar-refractivity contribution is -0.873. The third-order valence-electron chi connectivity index (χ3n) is 1.64. The number of carbonyl (C=O) groups excluding carboxylic acids is 2. The number of carbonyl (C=O) groups is 2. The number of esters is 1. The van der Waals surface area contributed by atoms with Gasteiger partial charge in [-0.25, -0.2) is 0 Å². The highest BCUT2D eigenvalue weighted by Crippen LogP contribution is 2.05. The molecule has 0 spiro atoms. The van der Waals surface area contributed by atoms with Crippen LogP contribution in [-0.2, 0) is 14.3 Å². The van der Waals surface area contributed by atoms with Crippen molar-refractivity contribution < 1.29 is 28.0 Å². The van der Waals surface area contributed by atoms with Crippen molar-refractivity contribution in [2.45, 2.75) is 25.9 Å². The summed E-state index contributed by atoms with van der Waals surface area (Å²) >= 11 is 0. The molecule has 0 aromatic rings. The summed E-state index contributed by atoms with van der Waals surface area (Å²) in [7, 11) is 2.85. The molecule has 0 saturated carbocycles. The first-order chi connectivity index (χ1) is 7.99. The van der Waals surface area contributed by atoms with Crippen molar-refractivity contribution in [3.63, 3.8) is 0 Å². The predicted octanol–water partition coefficient (Wildman–Crippen LogP) is -0.846. The first kappa shape index (κ1) is 9.15.